The van der Waals surface area contributed by atoms with Gasteiger partial charge in [0.1, 0.15) is 11.3 Å². The third kappa shape index (κ3) is 1.97. The smallest absolute Gasteiger partial charge is 0.535 e. The maximum Gasteiger partial charge on any atom is 0.569 e. The highest BCUT2D eigenvalue weighted by molar-refractivity contribution is 6.18. The van der Waals surface area contributed by atoms with Crippen LogP contribution in [0, 0.1) is 0 Å². The molecule has 1 radical (unpaired) electrons. The molecule has 3 nitrogen and oxygen atoms in total. The zero-order valence-corrected chi connectivity index (χ0v) is 11.7. The average molecular weight is 287 g/mol. The van der Waals surface area contributed by atoms with Crippen molar-refractivity contribution in [3.63, 3.8) is 0 Å². The molecule has 0 spiro atoms. The van der Waals surface area contributed by atoms with Crippen molar-refractivity contribution in [3.8, 4) is 16.9 Å². The Morgan fingerprint density at radius 2 is 1.50 bits per heavy atom. The number of benzene rings is 3. The Bertz CT molecular complexity index is 945. The number of para-hydroxylation sites is 2. The van der Waals surface area contributed by atoms with Gasteiger partial charge >= 0.3 is 7.69 Å². The van der Waals surface area contributed by atoms with E-state index in [1.165, 1.54) is 0 Å². The van der Waals surface area contributed by atoms with Crippen LogP contribution in [0.15, 0.2) is 71.1 Å². The Balaban J connectivity index is 2.05. The van der Waals surface area contributed by atoms with Gasteiger partial charge in [0, 0.05) is 16.3 Å². The summed E-state index contributed by atoms with van der Waals surface area (Å²) < 4.78 is 11.2. The summed E-state index contributed by atoms with van der Waals surface area (Å²) in [5.41, 5.74) is 3.58. The molecule has 1 N–H and O–H groups in total. The lowest BCUT2D eigenvalue weighted by atomic mass is 10.0. The van der Waals surface area contributed by atoms with Gasteiger partial charge in [-0.25, -0.2) is 0 Å². The Labute approximate surface area is 128 Å². The Morgan fingerprint density at radius 3 is 2.27 bits per heavy atom. The SMILES string of the molecule is O[B]Oc1cccc2c1oc1c(-c3ccccc3)cccc12. The molecule has 0 atom stereocenters. The predicted molar refractivity (Wildman–Crippen MR) is 87.8 cm³/mol. The number of fused-ring (bicyclic) bond motifs is 3. The quantitative estimate of drug-likeness (QED) is 0.575. The van der Waals surface area contributed by atoms with Crippen LogP contribution < -0.4 is 4.65 Å². The predicted octanol–water partition coefficient (Wildman–Crippen LogP) is 4.16. The summed E-state index contributed by atoms with van der Waals surface area (Å²) in [6.07, 6.45) is 0. The number of rotatable bonds is 3. The van der Waals surface area contributed by atoms with E-state index in [9.17, 15) is 0 Å². The molecule has 1 heterocycles. The number of hydrogen-bond donors (Lipinski definition) is 1. The third-order valence-corrected chi connectivity index (χ3v) is 3.75. The van der Waals surface area contributed by atoms with E-state index in [1.807, 2.05) is 48.5 Å². The van der Waals surface area contributed by atoms with Gasteiger partial charge in [0.15, 0.2) is 5.58 Å². The molecule has 0 fully saturated rings. The highest BCUT2D eigenvalue weighted by Crippen LogP contribution is 2.38. The summed E-state index contributed by atoms with van der Waals surface area (Å²) in [6, 6.07) is 21.8. The molecule has 0 aliphatic heterocycles. The van der Waals surface area contributed by atoms with Gasteiger partial charge in [-0.2, -0.15) is 0 Å². The van der Waals surface area contributed by atoms with Crippen LogP contribution in [0.3, 0.4) is 0 Å². The molecule has 0 saturated carbocycles. The average Bonchev–Trinajstić information content (AvgIpc) is 2.96. The first-order valence-corrected chi connectivity index (χ1v) is 7.00. The first-order chi connectivity index (χ1) is 10.9. The van der Waals surface area contributed by atoms with Gasteiger partial charge < -0.3 is 14.1 Å². The maximum atomic E-state index is 8.90. The van der Waals surface area contributed by atoms with Crippen LogP contribution in [0.5, 0.6) is 5.75 Å². The summed E-state index contributed by atoms with van der Waals surface area (Å²) >= 11 is 0. The molecule has 0 amide bonds. The van der Waals surface area contributed by atoms with Crippen LogP contribution in [-0.4, -0.2) is 12.7 Å². The van der Waals surface area contributed by atoms with Gasteiger partial charge in [0.2, 0.25) is 0 Å². The monoisotopic (exact) mass is 287 g/mol. The second kappa shape index (κ2) is 5.24. The summed E-state index contributed by atoms with van der Waals surface area (Å²) in [4.78, 5) is 0. The molecule has 4 aromatic rings. The first-order valence-electron chi connectivity index (χ1n) is 7.00. The lowest BCUT2D eigenvalue weighted by Crippen LogP contribution is -1.99. The molecule has 3 aromatic carbocycles. The van der Waals surface area contributed by atoms with Crippen LogP contribution in [0.4, 0.5) is 0 Å². The van der Waals surface area contributed by atoms with Crippen LogP contribution in [-0.2, 0) is 0 Å². The molecule has 4 rings (SSSR count). The summed E-state index contributed by atoms with van der Waals surface area (Å²) in [5.74, 6) is 0.496. The highest BCUT2D eigenvalue weighted by Gasteiger charge is 2.14. The van der Waals surface area contributed by atoms with Gasteiger partial charge in [-0.3, -0.25) is 0 Å². The van der Waals surface area contributed by atoms with E-state index < -0.39 is 0 Å². The lowest BCUT2D eigenvalue weighted by Gasteiger charge is -2.01. The topological polar surface area (TPSA) is 42.6 Å². The van der Waals surface area contributed by atoms with Crippen molar-refractivity contribution in [1.82, 2.24) is 0 Å². The third-order valence-electron chi connectivity index (χ3n) is 3.75. The lowest BCUT2D eigenvalue weighted by molar-refractivity contribution is 0.451. The largest absolute Gasteiger partial charge is 0.569 e. The van der Waals surface area contributed by atoms with Crippen molar-refractivity contribution in [1.29, 1.82) is 0 Å². The van der Waals surface area contributed by atoms with E-state index in [1.54, 1.807) is 6.07 Å². The van der Waals surface area contributed by atoms with Crippen molar-refractivity contribution in [2.45, 2.75) is 0 Å². The first kappa shape index (κ1) is 13.0. The van der Waals surface area contributed by atoms with Crippen LogP contribution in [0.2, 0.25) is 0 Å². The maximum absolute atomic E-state index is 8.90. The molecular weight excluding hydrogens is 275 g/mol. The van der Waals surface area contributed by atoms with Crippen LogP contribution >= 0.6 is 0 Å². The fraction of sp³-hybridized carbons (Fsp3) is 0. The minimum absolute atomic E-state index is 0.496. The molecule has 105 valence electrons. The van der Waals surface area contributed by atoms with Crippen LogP contribution in [0.25, 0.3) is 33.1 Å². The van der Waals surface area contributed by atoms with E-state index in [0.717, 1.165) is 27.5 Å². The standard InChI is InChI=1S/C18H12BO3/c20-19-22-16-11-5-10-15-14-9-4-8-13(17(14)21-18(15)16)12-6-2-1-3-7-12/h1-11,20H. The zero-order valence-electron chi connectivity index (χ0n) is 11.7. The van der Waals surface area contributed by atoms with Gasteiger partial charge in [0.05, 0.1) is 0 Å². The molecule has 1 aromatic heterocycles. The van der Waals surface area contributed by atoms with Gasteiger partial charge in [0.25, 0.3) is 0 Å². The summed E-state index contributed by atoms with van der Waals surface area (Å²) in [7, 11) is 0.667. The number of hydrogen-bond acceptors (Lipinski definition) is 3. The van der Waals surface area contributed by atoms with Crippen molar-refractivity contribution in [3.05, 3.63) is 66.7 Å². The van der Waals surface area contributed by atoms with Crippen molar-refractivity contribution in [2.75, 3.05) is 0 Å². The summed E-state index contributed by atoms with van der Waals surface area (Å²) in [5, 5.41) is 10.9. The molecule has 0 saturated heterocycles. The van der Waals surface area contributed by atoms with Crippen molar-refractivity contribution < 1.29 is 14.1 Å². The highest BCUT2D eigenvalue weighted by atomic mass is 16.5. The van der Waals surface area contributed by atoms with E-state index in [0.29, 0.717) is 19.0 Å². The normalized spacial score (nSPS) is 11.0. The summed E-state index contributed by atoms with van der Waals surface area (Å²) in [6.45, 7) is 0. The molecule has 0 unspecified atom stereocenters. The Morgan fingerprint density at radius 1 is 0.773 bits per heavy atom. The number of furan rings is 1. The minimum atomic E-state index is 0.496. The van der Waals surface area contributed by atoms with E-state index in [-0.39, 0.29) is 0 Å². The molecule has 4 heteroatoms. The molecule has 0 bridgehead atoms. The Hall–Kier alpha value is -2.72. The van der Waals surface area contributed by atoms with E-state index >= 15 is 0 Å². The second-order valence-corrected chi connectivity index (χ2v) is 5.01. The van der Waals surface area contributed by atoms with Crippen LogP contribution in [0.1, 0.15) is 0 Å². The molecular formula is C18H12BO3. The second-order valence-electron chi connectivity index (χ2n) is 5.01. The van der Waals surface area contributed by atoms with Gasteiger partial charge in [-0.1, -0.05) is 60.7 Å². The van der Waals surface area contributed by atoms with Gasteiger partial charge in [-0.05, 0) is 11.6 Å². The van der Waals surface area contributed by atoms with Crippen molar-refractivity contribution >= 4 is 29.6 Å². The fourth-order valence-corrected chi connectivity index (χ4v) is 2.79. The Kier molecular flexibility index (Phi) is 3.09. The van der Waals surface area contributed by atoms with E-state index in [2.05, 4.69) is 12.1 Å². The molecule has 0 aliphatic carbocycles. The molecule has 22 heavy (non-hydrogen) atoms. The van der Waals surface area contributed by atoms with Gasteiger partial charge in [-0.15, -0.1) is 0 Å². The molecule has 0 aliphatic rings. The zero-order chi connectivity index (χ0) is 14.9. The fourth-order valence-electron chi connectivity index (χ4n) is 2.79. The minimum Gasteiger partial charge on any atom is -0.535 e. The van der Waals surface area contributed by atoms with Crippen molar-refractivity contribution in [2.24, 2.45) is 0 Å². The van der Waals surface area contributed by atoms with E-state index in [4.69, 9.17) is 14.1 Å².